The third-order valence-electron chi connectivity index (χ3n) is 1.88. The maximum absolute atomic E-state index is 11.0. The number of nitrogens with one attached hydrogen (secondary N) is 2. The quantitative estimate of drug-likeness (QED) is 0.266. The number of rotatable bonds is 3. The standard InChI is InChI=1S/C10H13N3O2/c11-13-10(15)9(14)12-7-6-8-4-2-1-3-5-8/h1-5H,6-7,11H2,(H,12,14)(H,13,15). The van der Waals surface area contributed by atoms with Crippen molar-refractivity contribution in [3.63, 3.8) is 0 Å². The maximum atomic E-state index is 11.0. The molecule has 1 aromatic rings. The molecule has 5 heteroatoms. The average Bonchev–Trinajstić information content (AvgIpc) is 2.29. The molecule has 0 atom stereocenters. The number of carbonyl (C=O) groups is 2. The molecule has 0 radical (unpaired) electrons. The first-order valence-corrected chi connectivity index (χ1v) is 4.56. The second kappa shape index (κ2) is 5.77. The van der Waals surface area contributed by atoms with Gasteiger partial charge in [0.1, 0.15) is 0 Å². The Morgan fingerprint density at radius 2 is 1.80 bits per heavy atom. The van der Waals surface area contributed by atoms with Crippen LogP contribution < -0.4 is 16.6 Å². The van der Waals surface area contributed by atoms with Crippen LogP contribution in [0.2, 0.25) is 0 Å². The van der Waals surface area contributed by atoms with E-state index in [9.17, 15) is 9.59 Å². The number of benzene rings is 1. The highest BCUT2D eigenvalue weighted by Crippen LogP contribution is 1.97. The first-order valence-electron chi connectivity index (χ1n) is 4.56. The molecule has 0 fully saturated rings. The number of hydrogen-bond donors (Lipinski definition) is 3. The van der Waals surface area contributed by atoms with Gasteiger partial charge in [-0.1, -0.05) is 30.3 Å². The van der Waals surface area contributed by atoms with Gasteiger partial charge in [-0.25, -0.2) is 5.84 Å². The lowest BCUT2D eigenvalue weighted by Crippen LogP contribution is -2.43. The molecule has 0 saturated heterocycles. The first kappa shape index (κ1) is 11.2. The average molecular weight is 207 g/mol. The van der Waals surface area contributed by atoms with Gasteiger partial charge in [0.05, 0.1) is 0 Å². The largest absolute Gasteiger partial charge is 0.347 e. The summed E-state index contributed by atoms with van der Waals surface area (Å²) in [5.74, 6) is 3.25. The molecule has 0 aliphatic rings. The van der Waals surface area contributed by atoms with E-state index in [1.54, 1.807) is 5.43 Å². The van der Waals surface area contributed by atoms with Crippen molar-refractivity contribution in [2.45, 2.75) is 6.42 Å². The Bertz CT molecular complexity index is 338. The van der Waals surface area contributed by atoms with Crippen molar-refractivity contribution in [1.82, 2.24) is 10.7 Å². The molecule has 4 N–H and O–H groups in total. The minimum Gasteiger partial charge on any atom is -0.347 e. The summed E-state index contributed by atoms with van der Waals surface area (Å²) in [7, 11) is 0. The third-order valence-corrected chi connectivity index (χ3v) is 1.88. The molecule has 5 nitrogen and oxygen atoms in total. The van der Waals surface area contributed by atoms with Crippen molar-refractivity contribution < 1.29 is 9.59 Å². The minimum absolute atomic E-state index is 0.413. The van der Waals surface area contributed by atoms with Gasteiger partial charge in [-0.3, -0.25) is 15.0 Å². The number of carbonyl (C=O) groups excluding carboxylic acids is 2. The van der Waals surface area contributed by atoms with Crippen LogP contribution in [-0.4, -0.2) is 18.4 Å². The van der Waals surface area contributed by atoms with Crippen LogP contribution >= 0.6 is 0 Å². The van der Waals surface area contributed by atoms with Gasteiger partial charge in [0, 0.05) is 6.54 Å². The predicted octanol–water partition coefficient (Wildman–Crippen LogP) is -0.665. The molecule has 0 saturated carbocycles. The number of amides is 2. The number of nitrogens with two attached hydrogens (primary N) is 1. The van der Waals surface area contributed by atoms with Gasteiger partial charge in [0.15, 0.2) is 0 Å². The highest BCUT2D eigenvalue weighted by Gasteiger charge is 2.09. The van der Waals surface area contributed by atoms with Gasteiger partial charge in [-0.15, -0.1) is 0 Å². The second-order valence-corrected chi connectivity index (χ2v) is 2.96. The monoisotopic (exact) mass is 207 g/mol. The Balaban J connectivity index is 2.28. The highest BCUT2D eigenvalue weighted by atomic mass is 16.2. The van der Waals surface area contributed by atoms with Crippen LogP contribution in [-0.2, 0) is 16.0 Å². The molecule has 1 aromatic carbocycles. The van der Waals surface area contributed by atoms with Gasteiger partial charge < -0.3 is 5.32 Å². The molecule has 0 spiro atoms. The Morgan fingerprint density at radius 1 is 1.13 bits per heavy atom. The van der Waals surface area contributed by atoms with E-state index in [0.717, 1.165) is 5.56 Å². The first-order chi connectivity index (χ1) is 7.24. The van der Waals surface area contributed by atoms with Gasteiger partial charge in [-0.05, 0) is 12.0 Å². The summed E-state index contributed by atoms with van der Waals surface area (Å²) >= 11 is 0. The van der Waals surface area contributed by atoms with Crippen molar-refractivity contribution in [2.24, 2.45) is 5.84 Å². The lowest BCUT2D eigenvalue weighted by molar-refractivity contribution is -0.139. The Kier molecular flexibility index (Phi) is 4.30. The van der Waals surface area contributed by atoms with Crippen molar-refractivity contribution in [2.75, 3.05) is 6.54 Å². The van der Waals surface area contributed by atoms with Crippen LogP contribution in [0.1, 0.15) is 5.56 Å². The van der Waals surface area contributed by atoms with Gasteiger partial charge >= 0.3 is 11.8 Å². The third kappa shape index (κ3) is 3.78. The Hall–Kier alpha value is -1.88. The molecule has 2 amide bonds. The van der Waals surface area contributed by atoms with E-state index < -0.39 is 11.8 Å². The zero-order chi connectivity index (χ0) is 11.1. The van der Waals surface area contributed by atoms with Crippen LogP contribution in [0.25, 0.3) is 0 Å². The van der Waals surface area contributed by atoms with E-state index in [1.807, 2.05) is 30.3 Å². The summed E-state index contributed by atoms with van der Waals surface area (Å²) in [6, 6.07) is 9.67. The van der Waals surface area contributed by atoms with Gasteiger partial charge in [-0.2, -0.15) is 0 Å². The van der Waals surface area contributed by atoms with Crippen molar-refractivity contribution in [1.29, 1.82) is 0 Å². The van der Waals surface area contributed by atoms with E-state index in [0.29, 0.717) is 13.0 Å². The van der Waals surface area contributed by atoms with E-state index in [1.165, 1.54) is 0 Å². The summed E-state index contributed by atoms with van der Waals surface area (Å²) in [5.41, 5.74) is 2.87. The van der Waals surface area contributed by atoms with Crippen LogP contribution in [0.4, 0.5) is 0 Å². The van der Waals surface area contributed by atoms with Crippen LogP contribution in [0.15, 0.2) is 30.3 Å². The molecule has 1 rings (SSSR count). The summed E-state index contributed by atoms with van der Waals surface area (Å²) < 4.78 is 0. The topological polar surface area (TPSA) is 84.2 Å². The molecule has 15 heavy (non-hydrogen) atoms. The fraction of sp³-hybridized carbons (Fsp3) is 0.200. The maximum Gasteiger partial charge on any atom is 0.323 e. The summed E-state index contributed by atoms with van der Waals surface area (Å²) in [4.78, 5) is 21.7. The van der Waals surface area contributed by atoms with E-state index in [-0.39, 0.29) is 0 Å². The Morgan fingerprint density at radius 3 is 2.40 bits per heavy atom. The molecular weight excluding hydrogens is 194 g/mol. The predicted molar refractivity (Wildman–Crippen MR) is 55.5 cm³/mol. The summed E-state index contributed by atoms with van der Waals surface area (Å²) in [5, 5.41) is 2.45. The smallest absolute Gasteiger partial charge is 0.323 e. The van der Waals surface area contributed by atoms with Crippen molar-refractivity contribution in [3.05, 3.63) is 35.9 Å². The summed E-state index contributed by atoms with van der Waals surface area (Å²) in [6.07, 6.45) is 0.685. The molecule has 0 aliphatic heterocycles. The molecule has 0 unspecified atom stereocenters. The van der Waals surface area contributed by atoms with Gasteiger partial charge in [0.25, 0.3) is 0 Å². The zero-order valence-corrected chi connectivity index (χ0v) is 8.19. The van der Waals surface area contributed by atoms with Crippen LogP contribution in [0.3, 0.4) is 0 Å². The van der Waals surface area contributed by atoms with E-state index in [2.05, 4.69) is 5.32 Å². The van der Waals surface area contributed by atoms with Gasteiger partial charge in [0.2, 0.25) is 0 Å². The zero-order valence-electron chi connectivity index (χ0n) is 8.19. The SMILES string of the molecule is NNC(=O)C(=O)NCCc1ccccc1. The van der Waals surface area contributed by atoms with E-state index in [4.69, 9.17) is 5.84 Å². The minimum atomic E-state index is -0.830. The lowest BCUT2D eigenvalue weighted by Gasteiger charge is -2.03. The number of hydrazine groups is 1. The van der Waals surface area contributed by atoms with Crippen LogP contribution in [0, 0.1) is 0 Å². The fourth-order valence-corrected chi connectivity index (χ4v) is 1.11. The Labute approximate surface area is 87.6 Å². The highest BCUT2D eigenvalue weighted by molar-refractivity contribution is 6.34. The second-order valence-electron chi connectivity index (χ2n) is 2.96. The molecule has 80 valence electrons. The normalized spacial score (nSPS) is 9.40. The van der Waals surface area contributed by atoms with Crippen LogP contribution in [0.5, 0.6) is 0 Å². The van der Waals surface area contributed by atoms with Crippen molar-refractivity contribution >= 4 is 11.8 Å². The molecule has 0 aromatic heterocycles. The molecule has 0 heterocycles. The number of hydrogen-bond acceptors (Lipinski definition) is 3. The molecular formula is C10H13N3O2. The summed E-state index contributed by atoms with van der Waals surface area (Å²) in [6.45, 7) is 0.413. The fourth-order valence-electron chi connectivity index (χ4n) is 1.11. The lowest BCUT2D eigenvalue weighted by atomic mass is 10.1. The van der Waals surface area contributed by atoms with Crippen molar-refractivity contribution in [3.8, 4) is 0 Å². The molecule has 0 bridgehead atoms. The molecule has 0 aliphatic carbocycles. The van der Waals surface area contributed by atoms with E-state index >= 15 is 0 Å².